The Bertz CT molecular complexity index is 495. The molecule has 1 atom stereocenters. The molecular formula is C17H28N2O6. The summed E-state index contributed by atoms with van der Waals surface area (Å²) in [6, 6.07) is -0.405. The summed E-state index contributed by atoms with van der Waals surface area (Å²) in [6.07, 6.45) is 0.772. The third kappa shape index (κ3) is 5.50. The van der Waals surface area contributed by atoms with E-state index in [1.165, 1.54) is 0 Å². The average Bonchev–Trinajstić information content (AvgIpc) is 2.62. The highest BCUT2D eigenvalue weighted by atomic mass is 16.5. The lowest BCUT2D eigenvalue weighted by Gasteiger charge is -2.35. The van der Waals surface area contributed by atoms with E-state index in [4.69, 9.17) is 9.47 Å². The Kier molecular flexibility index (Phi) is 7.83. The van der Waals surface area contributed by atoms with Gasteiger partial charge in [0.1, 0.15) is 0 Å². The van der Waals surface area contributed by atoms with Gasteiger partial charge in [-0.15, -0.1) is 0 Å². The molecule has 25 heavy (non-hydrogen) atoms. The largest absolute Gasteiger partial charge is 0.478 e. The van der Waals surface area contributed by atoms with Gasteiger partial charge in [0.05, 0.1) is 37.6 Å². The van der Waals surface area contributed by atoms with Gasteiger partial charge in [-0.05, 0) is 12.8 Å². The van der Waals surface area contributed by atoms with E-state index in [9.17, 15) is 19.8 Å². The molecule has 2 rings (SSSR count). The minimum absolute atomic E-state index is 0.0114. The van der Waals surface area contributed by atoms with Crippen molar-refractivity contribution in [3.63, 3.8) is 0 Å². The first-order chi connectivity index (χ1) is 12.0. The first-order valence-electron chi connectivity index (χ1n) is 8.86. The number of carbonyl (C=O) groups is 2. The molecule has 8 heteroatoms. The van der Waals surface area contributed by atoms with Crippen LogP contribution in [0.25, 0.3) is 0 Å². The summed E-state index contributed by atoms with van der Waals surface area (Å²) in [6.45, 7) is 7.49. The van der Waals surface area contributed by atoms with Crippen LogP contribution in [0.5, 0.6) is 0 Å². The Labute approximate surface area is 148 Å². The lowest BCUT2D eigenvalue weighted by Crippen LogP contribution is -2.46. The van der Waals surface area contributed by atoms with Crippen LogP contribution >= 0.6 is 0 Å². The van der Waals surface area contributed by atoms with Crippen molar-refractivity contribution in [2.75, 3.05) is 59.2 Å². The Morgan fingerprint density at radius 3 is 2.00 bits per heavy atom. The molecule has 142 valence electrons. The van der Waals surface area contributed by atoms with Gasteiger partial charge < -0.3 is 19.7 Å². The fourth-order valence-corrected chi connectivity index (χ4v) is 3.46. The number of ether oxygens (including phenoxy) is 2. The fraction of sp³-hybridized carbons (Fsp3) is 0.765. The van der Waals surface area contributed by atoms with E-state index in [1.54, 1.807) is 0 Å². The van der Waals surface area contributed by atoms with Gasteiger partial charge in [-0.25, -0.2) is 9.59 Å². The normalized spacial score (nSPS) is 22.3. The second-order valence-corrected chi connectivity index (χ2v) is 6.28. The zero-order valence-corrected chi connectivity index (χ0v) is 14.8. The molecule has 0 bridgehead atoms. The van der Waals surface area contributed by atoms with Gasteiger partial charge >= 0.3 is 11.9 Å². The van der Waals surface area contributed by atoms with Crippen LogP contribution in [0, 0.1) is 0 Å². The highest BCUT2D eigenvalue weighted by Crippen LogP contribution is 2.22. The molecule has 0 aliphatic carbocycles. The van der Waals surface area contributed by atoms with Crippen molar-refractivity contribution >= 4 is 11.9 Å². The highest BCUT2D eigenvalue weighted by molar-refractivity contribution is 5.99. The molecule has 0 radical (unpaired) electrons. The van der Waals surface area contributed by atoms with Crippen LogP contribution in [0.4, 0.5) is 0 Å². The van der Waals surface area contributed by atoms with Crippen molar-refractivity contribution in [1.29, 1.82) is 0 Å². The van der Waals surface area contributed by atoms with Gasteiger partial charge in [-0.1, -0.05) is 6.92 Å². The molecule has 0 aromatic heterocycles. The molecule has 2 aliphatic heterocycles. The SMILES string of the molecule is CCC(/C(C(=O)O)=C(/CCN1CCOCC1)C(=O)O)N1CCOCC1. The van der Waals surface area contributed by atoms with Gasteiger partial charge in [-0.2, -0.15) is 0 Å². The summed E-state index contributed by atoms with van der Waals surface area (Å²) < 4.78 is 10.6. The number of aliphatic carboxylic acids is 2. The van der Waals surface area contributed by atoms with Crippen molar-refractivity contribution in [3.05, 3.63) is 11.1 Å². The van der Waals surface area contributed by atoms with Crippen molar-refractivity contribution < 1.29 is 29.3 Å². The van der Waals surface area contributed by atoms with Crippen molar-refractivity contribution in [2.45, 2.75) is 25.8 Å². The van der Waals surface area contributed by atoms with Gasteiger partial charge in [0.15, 0.2) is 0 Å². The summed E-state index contributed by atoms with van der Waals surface area (Å²) in [5.74, 6) is -2.28. The van der Waals surface area contributed by atoms with Crippen LogP contribution in [0.3, 0.4) is 0 Å². The number of nitrogens with zero attached hydrogens (tertiary/aromatic N) is 2. The molecule has 0 saturated carbocycles. The molecule has 0 aromatic carbocycles. The maximum Gasteiger partial charge on any atom is 0.333 e. The summed E-state index contributed by atoms with van der Waals surface area (Å²) >= 11 is 0. The van der Waals surface area contributed by atoms with E-state index in [1.807, 2.05) is 11.8 Å². The molecule has 2 heterocycles. The summed E-state index contributed by atoms with van der Waals surface area (Å²) in [5.41, 5.74) is 0.0301. The Balaban J connectivity index is 2.21. The maximum atomic E-state index is 11.9. The lowest BCUT2D eigenvalue weighted by molar-refractivity contribution is -0.137. The number of hydrogen-bond donors (Lipinski definition) is 2. The second-order valence-electron chi connectivity index (χ2n) is 6.28. The monoisotopic (exact) mass is 356 g/mol. The zero-order chi connectivity index (χ0) is 18.2. The molecule has 2 fully saturated rings. The van der Waals surface area contributed by atoms with E-state index in [0.29, 0.717) is 52.5 Å². The minimum atomic E-state index is -1.14. The van der Waals surface area contributed by atoms with Gasteiger partial charge in [0.2, 0.25) is 0 Å². The Morgan fingerprint density at radius 1 is 0.960 bits per heavy atom. The molecule has 8 nitrogen and oxygen atoms in total. The summed E-state index contributed by atoms with van der Waals surface area (Å²) in [5, 5.41) is 19.4. The number of rotatable bonds is 8. The molecular weight excluding hydrogens is 328 g/mol. The number of hydrogen-bond acceptors (Lipinski definition) is 6. The van der Waals surface area contributed by atoms with E-state index in [2.05, 4.69) is 4.90 Å². The molecule has 0 aromatic rings. The third-order valence-electron chi connectivity index (χ3n) is 4.80. The van der Waals surface area contributed by atoms with Crippen LogP contribution in [-0.4, -0.2) is 97.1 Å². The van der Waals surface area contributed by atoms with Gasteiger partial charge in [0, 0.05) is 38.8 Å². The smallest absolute Gasteiger partial charge is 0.333 e. The molecule has 0 amide bonds. The molecule has 2 aliphatic rings. The number of morpholine rings is 2. The third-order valence-corrected chi connectivity index (χ3v) is 4.80. The second kappa shape index (κ2) is 9.86. The predicted molar refractivity (Wildman–Crippen MR) is 90.6 cm³/mol. The van der Waals surface area contributed by atoms with Gasteiger partial charge in [-0.3, -0.25) is 9.80 Å². The van der Waals surface area contributed by atoms with Crippen LogP contribution in [0.1, 0.15) is 19.8 Å². The summed E-state index contributed by atoms with van der Waals surface area (Å²) in [7, 11) is 0. The maximum absolute atomic E-state index is 11.9. The molecule has 0 spiro atoms. The van der Waals surface area contributed by atoms with Crippen LogP contribution < -0.4 is 0 Å². The van der Waals surface area contributed by atoms with Crippen LogP contribution in [0.2, 0.25) is 0 Å². The number of carboxylic acids is 2. The van der Waals surface area contributed by atoms with Crippen molar-refractivity contribution in [1.82, 2.24) is 9.80 Å². The Hall–Kier alpha value is -1.48. The molecule has 2 N–H and O–H groups in total. The standard InChI is InChI=1S/C17H28N2O6/c1-2-14(19-7-11-25-12-8-19)15(17(22)23)13(16(20)21)3-4-18-5-9-24-10-6-18/h14H,2-12H2,1H3,(H,20,21)(H,22,23)/b15-13+. The van der Waals surface area contributed by atoms with E-state index in [0.717, 1.165) is 13.1 Å². The van der Waals surface area contributed by atoms with Crippen molar-refractivity contribution in [3.8, 4) is 0 Å². The van der Waals surface area contributed by atoms with E-state index >= 15 is 0 Å². The molecule has 2 saturated heterocycles. The highest BCUT2D eigenvalue weighted by Gasteiger charge is 2.32. The first kappa shape index (κ1) is 19.8. The topological polar surface area (TPSA) is 99.5 Å². The lowest BCUT2D eigenvalue weighted by atomic mass is 9.94. The predicted octanol–water partition coefficient (Wildman–Crippen LogP) is 0.285. The average molecular weight is 356 g/mol. The van der Waals surface area contributed by atoms with E-state index in [-0.39, 0.29) is 17.6 Å². The quantitative estimate of drug-likeness (QED) is 0.599. The number of carboxylic acid groups (broad SMARTS) is 2. The van der Waals surface area contributed by atoms with Crippen molar-refractivity contribution in [2.24, 2.45) is 0 Å². The Morgan fingerprint density at radius 2 is 1.52 bits per heavy atom. The first-order valence-corrected chi connectivity index (χ1v) is 8.86. The van der Waals surface area contributed by atoms with Crippen LogP contribution in [0.15, 0.2) is 11.1 Å². The zero-order valence-electron chi connectivity index (χ0n) is 14.8. The fourth-order valence-electron chi connectivity index (χ4n) is 3.46. The van der Waals surface area contributed by atoms with E-state index < -0.39 is 18.0 Å². The minimum Gasteiger partial charge on any atom is -0.478 e. The van der Waals surface area contributed by atoms with Crippen LogP contribution in [-0.2, 0) is 19.1 Å². The van der Waals surface area contributed by atoms with Gasteiger partial charge in [0.25, 0.3) is 0 Å². The molecule has 1 unspecified atom stereocenters. The summed E-state index contributed by atoms with van der Waals surface area (Å²) in [4.78, 5) is 27.9.